The van der Waals surface area contributed by atoms with Crippen LogP contribution < -0.4 is 5.32 Å². The van der Waals surface area contributed by atoms with Crippen LogP contribution in [0.4, 0.5) is 5.69 Å². The molecule has 134 valence electrons. The molecular weight excluding hydrogens is 330 g/mol. The SMILES string of the molecule is CCC(=O)Nc1ccc(C(=O)COC(=O)/C=C/c2ccccc2C)cc1. The normalized spacial score (nSPS) is 10.5. The monoisotopic (exact) mass is 351 g/mol. The van der Waals surface area contributed by atoms with Gasteiger partial charge >= 0.3 is 5.97 Å². The Morgan fingerprint density at radius 2 is 1.73 bits per heavy atom. The molecule has 0 heterocycles. The third-order valence-electron chi connectivity index (χ3n) is 3.74. The topological polar surface area (TPSA) is 72.5 Å². The summed E-state index contributed by atoms with van der Waals surface area (Å²) in [6, 6.07) is 14.1. The Labute approximate surface area is 152 Å². The lowest BCUT2D eigenvalue weighted by Crippen LogP contribution is -2.13. The fourth-order valence-corrected chi connectivity index (χ4v) is 2.19. The average Bonchev–Trinajstić information content (AvgIpc) is 2.66. The summed E-state index contributed by atoms with van der Waals surface area (Å²) in [7, 11) is 0. The molecule has 2 aromatic carbocycles. The minimum atomic E-state index is -0.576. The molecule has 0 aliphatic rings. The number of hydrogen-bond acceptors (Lipinski definition) is 4. The Morgan fingerprint density at radius 3 is 2.38 bits per heavy atom. The third kappa shape index (κ3) is 5.70. The molecule has 5 nitrogen and oxygen atoms in total. The predicted octanol–water partition coefficient (Wildman–Crippen LogP) is 3.78. The van der Waals surface area contributed by atoms with Crippen molar-refractivity contribution < 1.29 is 19.1 Å². The summed E-state index contributed by atoms with van der Waals surface area (Å²) < 4.78 is 4.99. The Balaban J connectivity index is 1.87. The lowest BCUT2D eigenvalue weighted by molar-refractivity contribution is -0.136. The van der Waals surface area contributed by atoms with Crippen molar-refractivity contribution in [3.8, 4) is 0 Å². The van der Waals surface area contributed by atoms with Gasteiger partial charge in [0.25, 0.3) is 0 Å². The van der Waals surface area contributed by atoms with Crippen molar-refractivity contribution in [2.24, 2.45) is 0 Å². The van der Waals surface area contributed by atoms with Crippen molar-refractivity contribution in [1.29, 1.82) is 0 Å². The van der Waals surface area contributed by atoms with Gasteiger partial charge in [0.1, 0.15) is 0 Å². The zero-order valence-corrected chi connectivity index (χ0v) is 14.8. The summed E-state index contributed by atoms with van der Waals surface area (Å²) in [6.07, 6.45) is 3.35. The molecule has 0 radical (unpaired) electrons. The summed E-state index contributed by atoms with van der Waals surface area (Å²) in [4.78, 5) is 35.2. The van der Waals surface area contributed by atoms with Crippen molar-refractivity contribution in [1.82, 2.24) is 0 Å². The number of benzene rings is 2. The molecule has 0 aromatic heterocycles. The number of hydrogen-bond donors (Lipinski definition) is 1. The number of aryl methyl sites for hydroxylation is 1. The Kier molecular flexibility index (Phi) is 6.85. The van der Waals surface area contributed by atoms with Crippen LogP contribution in [0.3, 0.4) is 0 Å². The van der Waals surface area contributed by atoms with Gasteiger partial charge in [0, 0.05) is 23.7 Å². The first kappa shape index (κ1) is 19.1. The summed E-state index contributed by atoms with van der Waals surface area (Å²) >= 11 is 0. The number of rotatable bonds is 7. The van der Waals surface area contributed by atoms with E-state index in [9.17, 15) is 14.4 Å². The van der Waals surface area contributed by atoms with Crippen LogP contribution in [0.1, 0.15) is 34.8 Å². The van der Waals surface area contributed by atoms with Gasteiger partial charge < -0.3 is 10.1 Å². The summed E-state index contributed by atoms with van der Waals surface area (Å²) in [5, 5.41) is 2.70. The largest absolute Gasteiger partial charge is 0.454 e. The molecule has 5 heteroatoms. The minimum Gasteiger partial charge on any atom is -0.454 e. The molecular formula is C21H21NO4. The van der Waals surface area contributed by atoms with Gasteiger partial charge in [0.15, 0.2) is 12.4 Å². The minimum absolute atomic E-state index is 0.0987. The fraction of sp³-hybridized carbons (Fsp3) is 0.190. The second kappa shape index (κ2) is 9.32. The molecule has 0 fully saturated rings. The van der Waals surface area contributed by atoms with Crippen LogP contribution in [0, 0.1) is 6.92 Å². The Morgan fingerprint density at radius 1 is 1.04 bits per heavy atom. The molecule has 0 bridgehead atoms. The van der Waals surface area contributed by atoms with Crippen molar-refractivity contribution in [2.75, 3.05) is 11.9 Å². The van der Waals surface area contributed by atoms with Gasteiger partial charge in [-0.25, -0.2) is 4.79 Å². The number of ketones is 1. The highest BCUT2D eigenvalue weighted by atomic mass is 16.5. The molecule has 2 aromatic rings. The van der Waals surface area contributed by atoms with E-state index in [0.717, 1.165) is 11.1 Å². The molecule has 0 saturated carbocycles. The first-order valence-corrected chi connectivity index (χ1v) is 8.33. The van der Waals surface area contributed by atoms with Crippen molar-refractivity contribution in [3.05, 3.63) is 71.3 Å². The Bertz CT molecular complexity index is 822. The van der Waals surface area contributed by atoms with Crippen molar-refractivity contribution >= 4 is 29.4 Å². The molecule has 0 aliphatic carbocycles. The lowest BCUT2D eigenvalue weighted by atomic mass is 10.1. The van der Waals surface area contributed by atoms with Crippen molar-refractivity contribution in [2.45, 2.75) is 20.3 Å². The predicted molar refractivity (Wildman–Crippen MR) is 101 cm³/mol. The van der Waals surface area contributed by atoms with E-state index in [1.54, 1.807) is 37.3 Å². The smallest absolute Gasteiger partial charge is 0.331 e. The zero-order valence-electron chi connectivity index (χ0n) is 14.8. The fourth-order valence-electron chi connectivity index (χ4n) is 2.19. The van der Waals surface area contributed by atoms with Crippen LogP contribution >= 0.6 is 0 Å². The van der Waals surface area contributed by atoms with Crippen LogP contribution in [-0.4, -0.2) is 24.3 Å². The summed E-state index contributed by atoms with van der Waals surface area (Å²) in [5.74, 6) is -0.983. The van der Waals surface area contributed by atoms with E-state index in [1.807, 2.05) is 31.2 Å². The van der Waals surface area contributed by atoms with Gasteiger partial charge in [-0.1, -0.05) is 31.2 Å². The van der Waals surface area contributed by atoms with Crippen molar-refractivity contribution in [3.63, 3.8) is 0 Å². The van der Waals surface area contributed by atoms with E-state index in [4.69, 9.17) is 4.74 Å². The first-order chi connectivity index (χ1) is 12.5. The highest BCUT2D eigenvalue weighted by molar-refractivity contribution is 5.99. The van der Waals surface area contributed by atoms with Crippen LogP contribution in [0.25, 0.3) is 6.08 Å². The molecule has 0 aliphatic heterocycles. The van der Waals surface area contributed by atoms with E-state index in [2.05, 4.69) is 5.32 Å². The number of amides is 1. The van der Waals surface area contributed by atoms with Gasteiger partial charge in [-0.05, 0) is 48.4 Å². The molecule has 1 amide bonds. The Hall–Kier alpha value is -3.21. The first-order valence-electron chi connectivity index (χ1n) is 8.33. The maximum atomic E-state index is 12.1. The second-order valence-electron chi connectivity index (χ2n) is 5.70. The highest BCUT2D eigenvalue weighted by Gasteiger charge is 2.09. The number of nitrogens with one attached hydrogen (secondary N) is 1. The number of ether oxygens (including phenoxy) is 1. The van der Waals surface area contributed by atoms with Gasteiger partial charge in [-0.15, -0.1) is 0 Å². The lowest BCUT2D eigenvalue weighted by Gasteiger charge is -2.05. The molecule has 0 atom stereocenters. The second-order valence-corrected chi connectivity index (χ2v) is 5.70. The molecule has 0 saturated heterocycles. The molecule has 0 unspecified atom stereocenters. The van der Waals surface area contributed by atoms with Crippen LogP contribution in [0.2, 0.25) is 0 Å². The molecule has 26 heavy (non-hydrogen) atoms. The van der Waals surface area contributed by atoms with E-state index in [1.165, 1.54) is 6.08 Å². The third-order valence-corrected chi connectivity index (χ3v) is 3.74. The summed E-state index contributed by atoms with van der Waals surface area (Å²) in [6.45, 7) is 3.37. The summed E-state index contributed by atoms with van der Waals surface area (Å²) in [5.41, 5.74) is 2.99. The molecule has 0 spiro atoms. The molecule has 1 N–H and O–H groups in total. The van der Waals surface area contributed by atoms with Crippen LogP contribution in [0.15, 0.2) is 54.6 Å². The van der Waals surface area contributed by atoms with Gasteiger partial charge in [0.05, 0.1) is 0 Å². The average molecular weight is 351 g/mol. The number of carbonyl (C=O) groups is 3. The van der Waals surface area contributed by atoms with E-state index >= 15 is 0 Å². The van der Waals surface area contributed by atoms with E-state index in [-0.39, 0.29) is 18.3 Å². The van der Waals surface area contributed by atoms with Crippen LogP contribution in [0.5, 0.6) is 0 Å². The highest BCUT2D eigenvalue weighted by Crippen LogP contribution is 2.11. The standard InChI is InChI=1S/C21H21NO4/c1-3-20(24)22-18-11-8-17(9-12-18)19(23)14-26-21(25)13-10-16-7-5-4-6-15(16)2/h4-13H,3,14H2,1-2H3,(H,22,24)/b13-10+. The van der Waals surface area contributed by atoms with E-state index < -0.39 is 5.97 Å². The number of esters is 1. The zero-order chi connectivity index (χ0) is 18.9. The quantitative estimate of drug-likeness (QED) is 0.468. The van der Waals surface area contributed by atoms with Crippen LogP contribution in [-0.2, 0) is 14.3 Å². The van der Waals surface area contributed by atoms with Gasteiger partial charge in [-0.3, -0.25) is 9.59 Å². The maximum absolute atomic E-state index is 12.1. The number of carbonyl (C=O) groups excluding carboxylic acids is 3. The molecule has 2 rings (SSSR count). The number of Topliss-reactive ketones (excluding diaryl/α,β-unsaturated/α-hetero) is 1. The van der Waals surface area contributed by atoms with Gasteiger partial charge in [0.2, 0.25) is 5.91 Å². The van der Waals surface area contributed by atoms with Gasteiger partial charge in [-0.2, -0.15) is 0 Å². The number of anilines is 1. The maximum Gasteiger partial charge on any atom is 0.331 e. The van der Waals surface area contributed by atoms with E-state index in [0.29, 0.717) is 17.7 Å².